The van der Waals surface area contributed by atoms with Gasteiger partial charge in [0.25, 0.3) is 11.4 Å². The topological polar surface area (TPSA) is 149 Å². The summed E-state index contributed by atoms with van der Waals surface area (Å²) in [5, 5.41) is 8.63. The molecule has 0 N–H and O–H groups in total. The Morgan fingerprint density at radius 3 is 0.714 bits per heavy atom. The number of fused-ring (bicyclic) bond motifs is 12. The highest BCUT2D eigenvalue weighted by Crippen LogP contribution is 2.55. The molecular formula is C114H64BrF9N16. The predicted molar refractivity (Wildman–Crippen MR) is 535 cm³/mol. The highest BCUT2D eigenvalue weighted by molar-refractivity contribution is 9.10. The van der Waals surface area contributed by atoms with E-state index in [-0.39, 0.29) is 22.4 Å². The molecule has 0 fully saturated rings. The van der Waals surface area contributed by atoms with Crippen molar-refractivity contribution in [1.82, 2.24) is 63.1 Å². The van der Waals surface area contributed by atoms with Crippen molar-refractivity contribution in [3.63, 3.8) is 0 Å². The van der Waals surface area contributed by atoms with E-state index in [4.69, 9.17) is 32.9 Å². The fourth-order valence-corrected chi connectivity index (χ4v) is 18.1. The third-order valence-electron chi connectivity index (χ3n) is 23.8. The second kappa shape index (κ2) is 38.0. The molecule has 16 nitrogen and oxygen atoms in total. The average Bonchev–Trinajstić information content (AvgIpc) is 1.50. The summed E-state index contributed by atoms with van der Waals surface area (Å²) < 4.78 is 117. The summed E-state index contributed by atoms with van der Waals surface area (Å²) in [5.41, 5.74) is 13.0. The molecule has 0 bridgehead atoms. The first-order valence-corrected chi connectivity index (χ1v) is 44.2. The first-order valence-electron chi connectivity index (χ1n) is 43.4. The standard InChI is InChI=1S/C70H42N8.C22H10F4N4.C15H10BrN3.C7HF4N.FH/c1-71-63-64(75-54-36-16-8-28-46(54)47-29-9-17-37-55(47)75)62(70-73-68(44-24-4-2-5-25-44)72-69(74-70)45-26-6-3-7-27-45)65(76-56-38-18-10-30-48(56)49-31-11-19-39-57(49)76)67(78-60-42-22-14-34-52(60)53-35-15-23-43-61(53)78)66(63)77-58-40-20-12-32-50(58)51-33-13-21-41-59(51)77;1-27-19-16(24)14(15(23)17(25)18(19)26)22-29-20(12-8-4-2-5-9-12)28-21(30-22)13-10-6-3-7-11-13;16-15-18-13(11-7-3-1-4-8-11)17-14(19-15)12-9-5-2-6-10-12;1-12-7-4(9)2-3(8)5(10)6(7)11;/h2-43H;2-11H;1-10H;2H;1H. The van der Waals surface area contributed by atoms with Crippen LogP contribution in [0.3, 0.4) is 0 Å². The quantitative estimate of drug-likeness (QED) is 0.0504. The lowest BCUT2D eigenvalue weighted by Crippen LogP contribution is -2.15. The Morgan fingerprint density at radius 2 is 0.429 bits per heavy atom. The van der Waals surface area contributed by atoms with Gasteiger partial charge in [0.15, 0.2) is 81.5 Å². The molecule has 7 heterocycles. The van der Waals surface area contributed by atoms with Gasteiger partial charge >= 0.3 is 0 Å². The second-order valence-electron chi connectivity index (χ2n) is 31.8. The van der Waals surface area contributed by atoms with Crippen LogP contribution < -0.4 is 0 Å². The summed E-state index contributed by atoms with van der Waals surface area (Å²) >= 11 is 3.35. The van der Waals surface area contributed by atoms with Gasteiger partial charge in [-0.25, -0.2) is 94.5 Å². The number of benzene rings is 17. The molecule has 670 valence electrons. The molecule has 26 heteroatoms. The molecule has 0 radical (unpaired) electrons. The normalized spacial score (nSPS) is 11.1. The molecule has 0 amide bonds. The fourth-order valence-electron chi connectivity index (χ4n) is 17.7. The van der Waals surface area contributed by atoms with Gasteiger partial charge in [0.2, 0.25) is 10.4 Å². The SMILES string of the molecule is Brc1nc(-c2ccccc2)nc(-c2ccccc2)n1.F.[C-]#[N+]c1c(-n2c3ccccc3c3ccccc32)c(-c2nc(-c3ccccc3)nc(-c3ccccc3)n2)c(-n2c3ccccc3c3ccccc32)c(-n2c3ccccc3c3ccccc32)c1-n1c2ccccc2c2ccccc21.[C-]#[N+]c1c(F)c(F)c(F)c(-c2nc(-c3ccccc3)nc(-c3ccccc3)n2)c1F.[C-]#[N+]c1c(F)cc(F)c(F)c1F. The summed E-state index contributed by atoms with van der Waals surface area (Å²) in [5.74, 6) is -11.6. The molecule has 0 aliphatic heterocycles. The van der Waals surface area contributed by atoms with Crippen LogP contribution in [-0.2, 0) is 0 Å². The minimum absolute atomic E-state index is 0. The molecule has 24 aromatic rings. The van der Waals surface area contributed by atoms with Gasteiger partial charge in [0, 0.05) is 82.5 Å². The lowest BCUT2D eigenvalue weighted by molar-refractivity contribution is 0.439. The molecule has 0 aliphatic carbocycles. The van der Waals surface area contributed by atoms with E-state index in [1.807, 2.05) is 97.1 Å². The molecule has 24 rings (SSSR count). The number of para-hydroxylation sites is 8. The summed E-state index contributed by atoms with van der Waals surface area (Å²) in [6, 6.07) is 126. The van der Waals surface area contributed by atoms with Crippen molar-refractivity contribution >= 4 is 120 Å². The summed E-state index contributed by atoms with van der Waals surface area (Å²) in [4.78, 5) is 52.3. The Morgan fingerprint density at radius 1 is 0.200 bits per heavy atom. The zero-order valence-electron chi connectivity index (χ0n) is 72.8. The largest absolute Gasteiger partial charge is 0.318 e. The van der Waals surface area contributed by atoms with Crippen molar-refractivity contribution in [3.05, 3.63) is 468 Å². The molecule has 0 aliphatic rings. The van der Waals surface area contributed by atoms with Crippen molar-refractivity contribution in [3.8, 4) is 114 Å². The molecule has 0 saturated heterocycles. The van der Waals surface area contributed by atoms with Crippen LogP contribution in [0.15, 0.2) is 387 Å². The maximum atomic E-state index is 14.8. The zero-order valence-corrected chi connectivity index (χ0v) is 74.4. The van der Waals surface area contributed by atoms with Crippen LogP contribution in [0, 0.1) is 66.3 Å². The average molecular weight is 1910 g/mol. The van der Waals surface area contributed by atoms with Crippen LogP contribution in [0.1, 0.15) is 0 Å². The minimum Gasteiger partial charge on any atom is -0.318 e. The lowest BCUT2D eigenvalue weighted by Gasteiger charge is -2.29. The smallest absolute Gasteiger partial charge is 0.260 e. The Labute approximate surface area is 799 Å². The highest BCUT2D eigenvalue weighted by atomic mass is 79.9. The van der Waals surface area contributed by atoms with E-state index in [0.29, 0.717) is 67.6 Å². The summed E-state index contributed by atoms with van der Waals surface area (Å²) in [6.45, 7) is 23.2. The maximum Gasteiger partial charge on any atom is 0.260 e. The highest BCUT2D eigenvalue weighted by Gasteiger charge is 2.38. The Hall–Kier alpha value is -18.7. The van der Waals surface area contributed by atoms with Crippen LogP contribution in [0.5, 0.6) is 0 Å². The summed E-state index contributed by atoms with van der Waals surface area (Å²) in [7, 11) is 0. The maximum absolute atomic E-state index is 14.8. The van der Waals surface area contributed by atoms with Gasteiger partial charge in [-0.05, 0) is 64.5 Å². The molecule has 0 saturated carbocycles. The van der Waals surface area contributed by atoms with Crippen LogP contribution in [-0.4, -0.2) is 63.1 Å². The van der Waals surface area contributed by atoms with E-state index in [9.17, 15) is 41.7 Å². The molecule has 0 unspecified atom stereocenters. The second-order valence-corrected chi connectivity index (χ2v) is 32.5. The van der Waals surface area contributed by atoms with E-state index < -0.39 is 69.3 Å². The van der Waals surface area contributed by atoms with Crippen molar-refractivity contribution < 1.29 is 39.8 Å². The van der Waals surface area contributed by atoms with E-state index in [1.165, 1.54) is 0 Å². The summed E-state index contributed by atoms with van der Waals surface area (Å²) in [6.07, 6.45) is 0. The van der Waals surface area contributed by atoms with Gasteiger partial charge in [-0.15, -0.1) is 0 Å². The fraction of sp³-hybridized carbons (Fsp3) is 0. The van der Waals surface area contributed by atoms with E-state index in [0.717, 1.165) is 121 Å². The van der Waals surface area contributed by atoms with Gasteiger partial charge in [-0.3, -0.25) is 4.70 Å². The minimum atomic E-state index is -1.97. The molecule has 0 spiro atoms. The number of aromatic nitrogens is 13. The number of nitrogens with zero attached hydrogens (tertiary/aromatic N) is 16. The number of hydrogen-bond acceptors (Lipinski definition) is 9. The molecular weight excluding hydrogens is 1840 g/mol. The van der Waals surface area contributed by atoms with E-state index >= 15 is 0 Å². The van der Waals surface area contributed by atoms with Crippen molar-refractivity contribution in [2.45, 2.75) is 0 Å². The van der Waals surface area contributed by atoms with Crippen molar-refractivity contribution in [1.29, 1.82) is 0 Å². The third kappa shape index (κ3) is 16.0. The number of rotatable bonds is 12. The first-order chi connectivity index (χ1) is 68.1. The van der Waals surface area contributed by atoms with Crippen LogP contribution in [0.2, 0.25) is 0 Å². The third-order valence-corrected chi connectivity index (χ3v) is 24.1. The van der Waals surface area contributed by atoms with Gasteiger partial charge in [0.1, 0.15) is 11.6 Å². The molecule has 140 heavy (non-hydrogen) atoms. The van der Waals surface area contributed by atoms with Crippen LogP contribution >= 0.6 is 15.9 Å². The van der Waals surface area contributed by atoms with Gasteiger partial charge in [0.05, 0.1) is 97.7 Å². The Bertz CT molecular complexity index is 8740. The Kier molecular flexibility index (Phi) is 24.2. The van der Waals surface area contributed by atoms with Crippen LogP contribution in [0.4, 0.5) is 56.9 Å². The van der Waals surface area contributed by atoms with E-state index in [1.54, 1.807) is 60.7 Å². The van der Waals surface area contributed by atoms with Gasteiger partial charge < -0.3 is 18.3 Å². The molecule has 0 atom stereocenters. The first kappa shape index (κ1) is 89.2. The number of halogens is 10. The molecule has 7 aromatic heterocycles. The zero-order chi connectivity index (χ0) is 95.1. The number of hydrogen-bond donors (Lipinski definition) is 0. The lowest BCUT2D eigenvalue weighted by atomic mass is 10.00. The molecule has 17 aromatic carbocycles. The van der Waals surface area contributed by atoms with Crippen molar-refractivity contribution in [2.75, 3.05) is 0 Å². The van der Waals surface area contributed by atoms with Gasteiger partial charge in [-0.2, -0.15) is 0 Å². The Balaban J connectivity index is 0.000000157. The van der Waals surface area contributed by atoms with Crippen molar-refractivity contribution in [2.24, 2.45) is 0 Å². The predicted octanol–water partition coefficient (Wildman–Crippen LogP) is 30.7. The van der Waals surface area contributed by atoms with Crippen LogP contribution in [0.25, 0.3) is 216 Å². The van der Waals surface area contributed by atoms with Gasteiger partial charge in [-0.1, -0.05) is 328 Å². The monoisotopic (exact) mass is 1910 g/mol. The van der Waals surface area contributed by atoms with E-state index in [2.05, 4.69) is 292 Å².